The van der Waals surface area contributed by atoms with Crippen LogP contribution in [0.4, 0.5) is 0 Å². The lowest BCUT2D eigenvalue weighted by molar-refractivity contribution is -0.171. The maximum Gasteiger partial charge on any atom is 0.311 e. The van der Waals surface area contributed by atoms with E-state index in [0.717, 1.165) is 58.5 Å². The monoisotopic (exact) mass is 1070 g/mol. The summed E-state index contributed by atoms with van der Waals surface area (Å²) in [5.74, 6) is -0.201. The molecule has 0 radical (unpaired) electrons. The molecular weight excluding hydrogens is 995 g/mol. The van der Waals surface area contributed by atoms with Crippen LogP contribution in [0.1, 0.15) is 77.5 Å². The van der Waals surface area contributed by atoms with Crippen LogP contribution in [-0.2, 0) is 62.1 Å². The van der Waals surface area contributed by atoms with Crippen LogP contribution >= 0.6 is 34.0 Å². The van der Waals surface area contributed by atoms with Crippen LogP contribution in [0.15, 0.2) is 88.9 Å². The molecule has 6 aromatic rings. The fourth-order valence-corrected chi connectivity index (χ4v) is 10.5. The van der Waals surface area contributed by atoms with Crippen molar-refractivity contribution in [2.24, 2.45) is 10.8 Å². The average Bonchev–Trinajstić information content (AvgIpc) is 4.12. The number of thiophene rings is 3. The quantitative estimate of drug-likeness (QED) is 0.0544. The first kappa shape index (κ1) is 56.9. The number of aliphatic hydroxyl groups excluding tert-OH is 1. The highest BCUT2D eigenvalue weighted by atomic mass is 32.1. The normalized spacial score (nSPS) is 15.4. The molecule has 0 spiro atoms. The van der Waals surface area contributed by atoms with Crippen molar-refractivity contribution >= 4 is 88.0 Å². The lowest BCUT2D eigenvalue weighted by atomic mass is 9.97. The number of ether oxygens (including phenoxy) is 5. The third kappa shape index (κ3) is 17.7. The largest absolute Gasteiger partial charge is 0.459 e. The number of benzene rings is 3. The molecule has 3 saturated heterocycles. The van der Waals surface area contributed by atoms with Gasteiger partial charge < -0.3 is 38.6 Å². The third-order valence-corrected chi connectivity index (χ3v) is 15.6. The van der Waals surface area contributed by atoms with E-state index in [4.69, 9.17) is 28.8 Å². The van der Waals surface area contributed by atoms with E-state index >= 15 is 0 Å². The van der Waals surface area contributed by atoms with E-state index in [1.165, 1.54) is 46.9 Å². The summed E-state index contributed by atoms with van der Waals surface area (Å²) in [6.07, 6.45) is 4.01. The molecule has 16 heteroatoms. The number of β-amino-alcohol motifs (C(OH)–C–C–N with tert-alkyl or cyclic N) is 1. The van der Waals surface area contributed by atoms with Crippen LogP contribution in [-0.4, -0.2) is 147 Å². The Hall–Kier alpha value is -4.78. The van der Waals surface area contributed by atoms with E-state index in [9.17, 15) is 19.2 Å². The predicted molar refractivity (Wildman–Crippen MR) is 297 cm³/mol. The van der Waals surface area contributed by atoms with Crippen molar-refractivity contribution in [3.8, 4) is 0 Å². The summed E-state index contributed by atoms with van der Waals surface area (Å²) in [5, 5.41) is 19.3. The zero-order valence-corrected chi connectivity index (χ0v) is 46.5. The Morgan fingerprint density at radius 1 is 0.514 bits per heavy atom. The van der Waals surface area contributed by atoms with Crippen LogP contribution < -0.4 is 0 Å². The fraction of sp³-hybridized carbons (Fsp3) is 0.517. The molecule has 2 amide bonds. The molecule has 6 heterocycles. The summed E-state index contributed by atoms with van der Waals surface area (Å²) < 4.78 is 31.8. The predicted octanol–water partition coefficient (Wildman–Crippen LogP) is 9.83. The molecule has 400 valence electrons. The number of esters is 2. The summed E-state index contributed by atoms with van der Waals surface area (Å²) in [6, 6.07) is 26.0. The van der Waals surface area contributed by atoms with Gasteiger partial charge in [0.25, 0.3) is 0 Å². The van der Waals surface area contributed by atoms with Gasteiger partial charge in [-0.2, -0.15) is 0 Å². The van der Waals surface area contributed by atoms with Gasteiger partial charge >= 0.3 is 11.9 Å². The van der Waals surface area contributed by atoms with E-state index < -0.39 is 10.8 Å². The maximum atomic E-state index is 12.1. The molecule has 9 rings (SSSR count). The van der Waals surface area contributed by atoms with Gasteiger partial charge in [0.2, 0.25) is 11.8 Å². The highest BCUT2D eigenvalue weighted by molar-refractivity contribution is 7.17. The number of amides is 2. The van der Waals surface area contributed by atoms with E-state index in [1.54, 1.807) is 43.8 Å². The number of hydrogen-bond acceptors (Lipinski definition) is 14. The molecule has 0 bridgehead atoms. The first-order chi connectivity index (χ1) is 35.5. The number of likely N-dealkylation sites (tertiary alicyclic amines) is 3. The van der Waals surface area contributed by atoms with Crippen molar-refractivity contribution in [1.82, 2.24) is 14.7 Å². The van der Waals surface area contributed by atoms with Crippen LogP contribution in [0.25, 0.3) is 30.3 Å². The fourth-order valence-electron chi connectivity index (χ4n) is 8.23. The number of carbonyl (C=O) groups excluding carboxylic acids is 4. The molecule has 74 heavy (non-hydrogen) atoms. The standard InChI is InChI=1S/C21H27NO4S.C21H29NO3S.C16H19NO3S/c1-21(2,3)20(24)26-17-13-22(14-17)19(23)7-10-25-9-6-15-4-5-18-16(12-15)8-11-27-18;1-21(2,3)20(23)25-18-14-22(15-18)9-4-10-24-11-7-16-5-6-19-17(13-16)8-12-26-19;18-14-10-17(11-14)16(19)4-7-20-6-3-12-1-2-15-13(9-12)5-8-21-15/h4-5,8,11-12,17H,6-7,9-10,13-14H2,1-3H3;5-6,8,12-13,18H,4,7,9-11,14-15H2,1-3H3;1-2,5,8-9,14,18H,3-4,6-7,10-11H2. The van der Waals surface area contributed by atoms with E-state index in [-0.39, 0.29) is 42.1 Å². The van der Waals surface area contributed by atoms with Crippen LogP contribution in [0, 0.1) is 10.8 Å². The SMILES string of the molecule is CC(C)(C)C(=O)OC1CN(C(=O)CCOCCc2ccc3sccc3c2)C1.CC(C)(C)C(=O)OC1CN(CCCOCCc2ccc3sccc3c2)C1.O=C(CCOCCc1ccc2sccc2c1)N1CC(O)C1. The minimum Gasteiger partial charge on any atom is -0.459 e. The van der Waals surface area contributed by atoms with Gasteiger partial charge in [-0.05, 0) is 153 Å². The molecule has 3 fully saturated rings. The van der Waals surface area contributed by atoms with Gasteiger partial charge in [0.05, 0.1) is 75.9 Å². The van der Waals surface area contributed by atoms with Gasteiger partial charge in [-0.1, -0.05) is 36.4 Å². The Bertz CT molecular complexity index is 2740. The van der Waals surface area contributed by atoms with Crippen molar-refractivity contribution in [1.29, 1.82) is 0 Å². The minimum absolute atomic E-state index is 0.0535. The third-order valence-electron chi connectivity index (χ3n) is 13.0. The average molecular weight is 1070 g/mol. The zero-order chi connectivity index (χ0) is 52.7. The Morgan fingerprint density at radius 3 is 1.28 bits per heavy atom. The number of carbonyl (C=O) groups is 4. The maximum absolute atomic E-state index is 12.1. The first-order valence-electron chi connectivity index (χ1n) is 26.0. The van der Waals surface area contributed by atoms with Crippen molar-refractivity contribution in [3.05, 3.63) is 106 Å². The molecule has 3 aliphatic rings. The number of fused-ring (bicyclic) bond motifs is 3. The smallest absolute Gasteiger partial charge is 0.311 e. The van der Waals surface area contributed by atoms with Gasteiger partial charge in [0, 0.05) is 53.4 Å². The second kappa shape index (κ2) is 27.3. The highest BCUT2D eigenvalue weighted by Crippen LogP contribution is 2.26. The van der Waals surface area contributed by atoms with Gasteiger partial charge in [0.15, 0.2) is 0 Å². The van der Waals surface area contributed by atoms with Crippen molar-refractivity contribution in [3.63, 3.8) is 0 Å². The minimum atomic E-state index is -0.508. The summed E-state index contributed by atoms with van der Waals surface area (Å²) >= 11 is 5.28. The molecule has 13 nitrogen and oxygen atoms in total. The Morgan fingerprint density at radius 2 is 0.892 bits per heavy atom. The molecular formula is C58H75N3O10S3. The Kier molecular flexibility index (Phi) is 21.0. The molecule has 0 saturated carbocycles. The van der Waals surface area contributed by atoms with Gasteiger partial charge in [0.1, 0.15) is 12.2 Å². The molecule has 3 aromatic carbocycles. The summed E-state index contributed by atoms with van der Waals surface area (Å²) in [4.78, 5) is 53.1. The summed E-state index contributed by atoms with van der Waals surface area (Å²) in [6.45, 7) is 19.4. The molecule has 0 aliphatic carbocycles. The van der Waals surface area contributed by atoms with Gasteiger partial charge in [-0.25, -0.2) is 0 Å². The lowest BCUT2D eigenvalue weighted by Crippen LogP contribution is -2.56. The number of hydrogen-bond donors (Lipinski definition) is 1. The molecule has 0 atom stereocenters. The Balaban J connectivity index is 0.000000163. The van der Waals surface area contributed by atoms with Crippen LogP contribution in [0.3, 0.4) is 0 Å². The highest BCUT2D eigenvalue weighted by Gasteiger charge is 2.36. The number of nitrogens with zero attached hydrogens (tertiary/aromatic N) is 3. The van der Waals surface area contributed by atoms with Crippen molar-refractivity contribution in [2.75, 3.05) is 85.5 Å². The summed E-state index contributed by atoms with van der Waals surface area (Å²) in [7, 11) is 0. The van der Waals surface area contributed by atoms with E-state index in [2.05, 4.69) is 93.8 Å². The molecule has 0 unspecified atom stereocenters. The lowest BCUT2D eigenvalue weighted by Gasteiger charge is -2.39. The number of rotatable bonds is 21. The Labute approximate surface area is 448 Å². The topological polar surface area (TPSA) is 144 Å². The van der Waals surface area contributed by atoms with Crippen LogP contribution in [0.5, 0.6) is 0 Å². The van der Waals surface area contributed by atoms with E-state index in [1.807, 2.05) is 41.5 Å². The first-order valence-corrected chi connectivity index (χ1v) is 28.6. The van der Waals surface area contributed by atoms with Gasteiger partial charge in [-0.3, -0.25) is 24.1 Å². The van der Waals surface area contributed by atoms with Gasteiger partial charge in [-0.15, -0.1) is 34.0 Å². The summed E-state index contributed by atoms with van der Waals surface area (Å²) in [5.41, 5.74) is 2.92. The van der Waals surface area contributed by atoms with Crippen molar-refractivity contribution in [2.45, 2.75) is 98.4 Å². The zero-order valence-electron chi connectivity index (χ0n) is 44.0. The van der Waals surface area contributed by atoms with Crippen LogP contribution in [0.2, 0.25) is 0 Å². The molecule has 1 N–H and O–H groups in total. The molecule has 3 aliphatic heterocycles. The second-order valence-corrected chi connectivity index (χ2v) is 24.2. The van der Waals surface area contributed by atoms with E-state index in [0.29, 0.717) is 65.4 Å². The van der Waals surface area contributed by atoms with Crippen molar-refractivity contribution < 1.29 is 48.0 Å². The second-order valence-electron chi connectivity index (χ2n) is 21.4. The number of aliphatic hydroxyl groups is 1. The molecule has 3 aromatic heterocycles.